The van der Waals surface area contributed by atoms with E-state index in [1.165, 1.54) is 6.20 Å². The summed E-state index contributed by atoms with van der Waals surface area (Å²) in [6.45, 7) is 15.7. The number of nitrogens with two attached hydrogens (primary N) is 1. The molecule has 11 nitrogen and oxygen atoms in total. The fraction of sp³-hybridized carbons (Fsp3) is 0.607. The van der Waals surface area contributed by atoms with E-state index in [0.717, 1.165) is 35.2 Å². The predicted octanol–water partition coefficient (Wildman–Crippen LogP) is 5.20. The molecule has 2 aromatic heterocycles. The highest BCUT2D eigenvalue weighted by Crippen LogP contribution is 2.30. The van der Waals surface area contributed by atoms with Gasteiger partial charge in [-0.25, -0.2) is 9.78 Å². The fourth-order valence-electron chi connectivity index (χ4n) is 5.11. The van der Waals surface area contributed by atoms with Gasteiger partial charge >= 0.3 is 6.09 Å². The van der Waals surface area contributed by atoms with Crippen molar-refractivity contribution in [2.75, 3.05) is 23.3 Å². The summed E-state index contributed by atoms with van der Waals surface area (Å²) in [4.78, 5) is 39.8. The Morgan fingerprint density at radius 1 is 1.07 bits per heavy atom. The van der Waals surface area contributed by atoms with Crippen molar-refractivity contribution in [2.45, 2.75) is 97.0 Å². The molecule has 1 aliphatic heterocycles. The lowest BCUT2D eigenvalue weighted by atomic mass is 10.0. The Morgan fingerprint density at radius 2 is 1.68 bits per heavy atom. The third-order valence-corrected chi connectivity index (χ3v) is 12.4. The molecule has 0 aromatic carbocycles. The smallest absolute Gasteiger partial charge is 0.404 e. The van der Waals surface area contributed by atoms with Crippen LogP contribution in [-0.2, 0) is 4.43 Å². The summed E-state index contributed by atoms with van der Waals surface area (Å²) < 4.78 is 6.76. The Morgan fingerprint density at radius 3 is 2.17 bits per heavy atom. The van der Waals surface area contributed by atoms with Gasteiger partial charge in [-0.05, 0) is 48.5 Å². The van der Waals surface area contributed by atoms with E-state index in [-0.39, 0.29) is 29.5 Å². The van der Waals surface area contributed by atoms with Crippen LogP contribution in [0.2, 0.25) is 18.1 Å². The van der Waals surface area contributed by atoms with E-state index in [9.17, 15) is 14.7 Å². The number of carbonyl (C=O) groups excluding carboxylic acids is 1. The number of piperidine rings is 1. The highest BCUT2D eigenvalue weighted by Gasteiger charge is 2.37. The molecule has 5 N–H and O–H groups in total. The van der Waals surface area contributed by atoms with Crippen LogP contribution in [0.4, 0.5) is 22.2 Å². The van der Waals surface area contributed by atoms with E-state index in [1.807, 2.05) is 17.0 Å². The lowest BCUT2D eigenvalue weighted by Gasteiger charge is -2.42. The zero-order valence-electron chi connectivity index (χ0n) is 24.8. The third kappa shape index (κ3) is 7.69. The average molecular weight is 572 g/mol. The van der Waals surface area contributed by atoms with Crippen molar-refractivity contribution in [3.05, 3.63) is 35.3 Å². The van der Waals surface area contributed by atoms with Gasteiger partial charge in [-0.1, -0.05) is 48.5 Å². The quantitative estimate of drug-likeness (QED) is 0.252. The molecule has 12 heteroatoms. The SMILES string of the molecule is CC[Si](CC)(CC)O[C@H]1C[C@H](NC(=O)O)CN(c2ncc(C(N)=O)c(Nc3cc(C(C)C)nc(C(C)C)c3)n2)C1. The van der Waals surface area contributed by atoms with Gasteiger partial charge in [-0.3, -0.25) is 9.78 Å². The molecule has 2 atom stereocenters. The normalized spacial score (nSPS) is 17.8. The van der Waals surface area contributed by atoms with Crippen molar-refractivity contribution in [1.29, 1.82) is 0 Å². The Bertz CT molecular complexity index is 1150. The average Bonchev–Trinajstić information content (AvgIpc) is 2.91. The summed E-state index contributed by atoms with van der Waals surface area (Å²) in [5.41, 5.74) is 8.47. The van der Waals surface area contributed by atoms with Crippen molar-refractivity contribution in [3.8, 4) is 0 Å². The number of pyridine rings is 1. The second-order valence-corrected chi connectivity index (χ2v) is 15.9. The van der Waals surface area contributed by atoms with Crippen molar-refractivity contribution >= 4 is 37.8 Å². The van der Waals surface area contributed by atoms with Crippen LogP contribution in [0.15, 0.2) is 18.3 Å². The van der Waals surface area contributed by atoms with Crippen LogP contribution in [0.1, 0.15) is 88.5 Å². The lowest BCUT2D eigenvalue weighted by molar-refractivity contribution is 0.1000. The number of hydrogen-bond donors (Lipinski definition) is 4. The molecule has 0 spiro atoms. The number of nitrogens with one attached hydrogen (secondary N) is 2. The van der Waals surface area contributed by atoms with E-state index in [4.69, 9.17) is 20.1 Å². The van der Waals surface area contributed by atoms with Crippen molar-refractivity contribution in [1.82, 2.24) is 20.3 Å². The Hall–Kier alpha value is -3.25. The number of carboxylic acid groups (broad SMARTS) is 1. The number of anilines is 3. The van der Waals surface area contributed by atoms with Crippen molar-refractivity contribution in [2.24, 2.45) is 5.73 Å². The topological polar surface area (TPSA) is 156 Å². The second kappa shape index (κ2) is 13.4. The van der Waals surface area contributed by atoms with Gasteiger partial charge in [0.15, 0.2) is 8.32 Å². The molecule has 3 heterocycles. The van der Waals surface area contributed by atoms with Gasteiger partial charge in [0, 0.05) is 36.4 Å². The monoisotopic (exact) mass is 571 g/mol. The number of amides is 2. The molecular formula is C28H45N7O4Si. The highest BCUT2D eigenvalue weighted by molar-refractivity contribution is 6.73. The van der Waals surface area contributed by atoms with E-state index < -0.39 is 20.3 Å². The molecule has 1 fully saturated rings. The van der Waals surface area contributed by atoms with Crippen LogP contribution in [0.25, 0.3) is 0 Å². The molecule has 0 bridgehead atoms. The Kier molecular flexibility index (Phi) is 10.5. The molecule has 0 radical (unpaired) electrons. The number of carbonyl (C=O) groups is 2. The lowest BCUT2D eigenvalue weighted by Crippen LogP contribution is -2.56. The van der Waals surface area contributed by atoms with E-state index in [2.05, 4.69) is 64.1 Å². The first-order valence-corrected chi connectivity index (χ1v) is 16.8. The van der Waals surface area contributed by atoms with E-state index in [0.29, 0.717) is 31.3 Å². The second-order valence-electron chi connectivity index (χ2n) is 11.2. The molecule has 0 saturated carbocycles. The molecule has 1 saturated heterocycles. The molecule has 2 aromatic rings. The van der Waals surface area contributed by atoms with Crippen molar-refractivity contribution < 1.29 is 19.1 Å². The zero-order valence-corrected chi connectivity index (χ0v) is 25.8. The summed E-state index contributed by atoms with van der Waals surface area (Å²) >= 11 is 0. The van der Waals surface area contributed by atoms with E-state index >= 15 is 0 Å². The maximum Gasteiger partial charge on any atom is 0.404 e. The summed E-state index contributed by atoms with van der Waals surface area (Å²) in [5.74, 6) is 0.441. The third-order valence-electron chi connectivity index (χ3n) is 7.72. The zero-order chi connectivity index (χ0) is 29.6. The standard InChI is InChI=1S/C28H45N7O4Si/c1-8-40(9-2,10-3)39-21-11-20(32-28(37)38)15-35(16-21)27-30-14-22(25(29)36)26(34-27)31-19-12-23(17(4)5)33-24(13-19)18(6)7/h12-14,17-18,20-21,32H,8-11,15-16H2,1-7H3,(H2,29,36)(H,37,38)(H,30,31,33,34)/t20-,21-/m0/s1. The molecule has 2 amide bonds. The maximum absolute atomic E-state index is 12.3. The van der Waals surface area contributed by atoms with Crippen LogP contribution < -0.4 is 21.3 Å². The highest BCUT2D eigenvalue weighted by atomic mass is 28.4. The maximum atomic E-state index is 12.3. The van der Waals surface area contributed by atoms with Crippen LogP contribution in [0, 0.1) is 0 Å². The Labute approximate surface area is 238 Å². The fourth-order valence-corrected chi connectivity index (χ4v) is 7.99. The summed E-state index contributed by atoms with van der Waals surface area (Å²) in [6.07, 6.45) is 0.751. The summed E-state index contributed by atoms with van der Waals surface area (Å²) in [5, 5.41) is 15.4. The minimum atomic E-state index is -1.94. The number of rotatable bonds is 12. The molecule has 0 unspecified atom stereocenters. The van der Waals surface area contributed by atoms with Gasteiger partial charge in [-0.15, -0.1) is 0 Å². The molecule has 220 valence electrons. The van der Waals surface area contributed by atoms with E-state index in [1.54, 1.807) is 0 Å². The van der Waals surface area contributed by atoms with Crippen LogP contribution >= 0.6 is 0 Å². The molecule has 1 aliphatic rings. The summed E-state index contributed by atoms with van der Waals surface area (Å²) in [7, 11) is -1.94. The first-order chi connectivity index (χ1) is 18.9. The summed E-state index contributed by atoms with van der Waals surface area (Å²) in [6, 6.07) is 6.53. The molecule has 3 rings (SSSR count). The Balaban J connectivity index is 1.99. The van der Waals surface area contributed by atoms with Gasteiger partial charge in [-0.2, -0.15) is 4.98 Å². The number of nitrogens with zero attached hydrogens (tertiary/aromatic N) is 4. The largest absolute Gasteiger partial charge is 0.465 e. The predicted molar refractivity (Wildman–Crippen MR) is 160 cm³/mol. The van der Waals surface area contributed by atoms with Crippen LogP contribution in [0.5, 0.6) is 0 Å². The van der Waals surface area contributed by atoms with Gasteiger partial charge < -0.3 is 30.8 Å². The number of hydrogen-bond acceptors (Lipinski definition) is 8. The first kappa shape index (κ1) is 31.3. The van der Waals surface area contributed by atoms with Gasteiger partial charge in [0.25, 0.3) is 5.91 Å². The van der Waals surface area contributed by atoms with Gasteiger partial charge in [0.2, 0.25) is 5.95 Å². The minimum Gasteiger partial charge on any atom is -0.465 e. The molecule has 0 aliphatic carbocycles. The minimum absolute atomic E-state index is 0.164. The van der Waals surface area contributed by atoms with Crippen LogP contribution in [0.3, 0.4) is 0 Å². The molecule has 40 heavy (non-hydrogen) atoms. The van der Waals surface area contributed by atoms with Crippen LogP contribution in [-0.4, -0.2) is 65.6 Å². The number of primary amides is 1. The van der Waals surface area contributed by atoms with Gasteiger partial charge in [0.1, 0.15) is 11.4 Å². The molecular weight excluding hydrogens is 526 g/mol. The first-order valence-electron chi connectivity index (χ1n) is 14.3. The van der Waals surface area contributed by atoms with Crippen molar-refractivity contribution in [3.63, 3.8) is 0 Å². The number of aromatic nitrogens is 3. The van der Waals surface area contributed by atoms with Gasteiger partial charge in [0.05, 0.1) is 12.1 Å².